The first-order chi connectivity index (χ1) is 11.2. The van der Waals surface area contributed by atoms with Gasteiger partial charge in [-0.15, -0.1) is 11.3 Å². The van der Waals surface area contributed by atoms with Gasteiger partial charge in [-0.3, -0.25) is 4.79 Å². The van der Waals surface area contributed by atoms with E-state index in [9.17, 15) is 4.79 Å². The van der Waals surface area contributed by atoms with Crippen LogP contribution in [0.1, 0.15) is 21.2 Å². The van der Waals surface area contributed by atoms with E-state index in [4.69, 9.17) is 10.5 Å². The van der Waals surface area contributed by atoms with Crippen LogP contribution in [0.5, 0.6) is 0 Å². The Labute approximate surface area is 137 Å². The van der Waals surface area contributed by atoms with E-state index in [1.54, 1.807) is 23.6 Å². The maximum Gasteiger partial charge on any atom is 0.293 e. The fraction of sp³-hybridized carbons (Fsp3) is 0.188. The molecule has 3 rings (SSSR count). The molecule has 3 N–H and O–H groups in total. The van der Waals surface area contributed by atoms with Crippen LogP contribution < -0.4 is 5.73 Å². The highest BCUT2D eigenvalue weighted by molar-refractivity contribution is 7.12. The summed E-state index contributed by atoms with van der Waals surface area (Å²) in [6.45, 7) is 2.83. The lowest BCUT2D eigenvalue weighted by molar-refractivity contribution is -0.128. The fourth-order valence-corrected chi connectivity index (χ4v) is 3.39. The van der Waals surface area contributed by atoms with Crippen molar-refractivity contribution in [2.45, 2.75) is 12.8 Å². The van der Waals surface area contributed by atoms with E-state index >= 15 is 0 Å². The molecule has 3 aromatic rings. The number of H-pyrrole nitrogens is 1. The molecule has 7 heteroatoms. The number of rotatable bonds is 6. The van der Waals surface area contributed by atoms with Gasteiger partial charge in [-0.05, 0) is 36.8 Å². The normalized spacial score (nSPS) is 12.0. The molecule has 0 bridgehead atoms. The Morgan fingerprint density at radius 1 is 1.43 bits per heavy atom. The molecule has 0 spiro atoms. The average Bonchev–Trinajstić information content (AvgIpc) is 3.18. The molecule has 1 unspecified atom stereocenters. The number of nitrogens with two attached hydrogens (primary N) is 1. The number of aromatic amines is 1. The van der Waals surface area contributed by atoms with Crippen molar-refractivity contribution in [3.63, 3.8) is 0 Å². The van der Waals surface area contributed by atoms with E-state index < -0.39 is 0 Å². The number of carbonyl (C=O) groups excluding carboxylic acids is 1. The predicted octanol–water partition coefficient (Wildman–Crippen LogP) is 2.73. The smallest absolute Gasteiger partial charge is 0.293 e. The summed E-state index contributed by atoms with van der Waals surface area (Å²) in [5.41, 5.74) is 8.23. The van der Waals surface area contributed by atoms with Crippen molar-refractivity contribution in [1.82, 2.24) is 15.0 Å². The van der Waals surface area contributed by atoms with Crippen LogP contribution in [0, 0.1) is 6.92 Å². The zero-order valence-electron chi connectivity index (χ0n) is 12.5. The van der Waals surface area contributed by atoms with Gasteiger partial charge in [0.05, 0.1) is 17.3 Å². The number of ether oxygens (including phenoxy) is 1. The number of nitrogens with one attached hydrogen (secondary N) is 1. The highest BCUT2D eigenvalue weighted by Crippen LogP contribution is 2.32. The molecule has 6 nitrogen and oxygen atoms in total. The molecule has 0 fully saturated rings. The number of carbonyl (C=O) groups is 1. The van der Waals surface area contributed by atoms with E-state index in [0.717, 1.165) is 21.8 Å². The molecular formula is C16H16N4O2S. The lowest BCUT2D eigenvalue weighted by Gasteiger charge is -2.12. The van der Waals surface area contributed by atoms with Crippen LogP contribution in [0.4, 0.5) is 5.95 Å². The topological polar surface area (TPSA) is 93.9 Å². The number of thiophene rings is 1. The summed E-state index contributed by atoms with van der Waals surface area (Å²) >= 11 is 1.69. The minimum Gasteiger partial charge on any atom is -0.467 e. The van der Waals surface area contributed by atoms with Crippen LogP contribution in [0.2, 0.25) is 0 Å². The van der Waals surface area contributed by atoms with Gasteiger partial charge in [-0.25, -0.2) is 9.97 Å². The Bertz CT molecular complexity index is 812. The van der Waals surface area contributed by atoms with E-state index in [-0.39, 0.29) is 11.9 Å². The zero-order valence-corrected chi connectivity index (χ0v) is 13.3. The van der Waals surface area contributed by atoms with Crippen LogP contribution in [-0.2, 0) is 9.53 Å². The molecule has 3 aromatic heterocycles. The SMILES string of the molecule is Cc1ccc(C(COC=O)c2c[nH]c(-c3ccnc(N)n3)c2)s1. The maximum atomic E-state index is 10.6. The van der Waals surface area contributed by atoms with Crippen LogP contribution in [0.25, 0.3) is 11.4 Å². The third-order valence-corrected chi connectivity index (χ3v) is 4.61. The van der Waals surface area contributed by atoms with Gasteiger partial charge in [-0.1, -0.05) is 0 Å². The lowest BCUT2D eigenvalue weighted by atomic mass is 10.0. The van der Waals surface area contributed by atoms with Crippen LogP contribution in [0.3, 0.4) is 0 Å². The second-order valence-corrected chi connectivity index (χ2v) is 6.40. The molecule has 0 aromatic carbocycles. The van der Waals surface area contributed by atoms with Crippen molar-refractivity contribution in [2.24, 2.45) is 0 Å². The average molecular weight is 328 g/mol. The number of nitrogen functional groups attached to an aromatic ring is 1. The minimum absolute atomic E-state index is 0.0110. The number of aryl methyl sites for hydroxylation is 1. The van der Waals surface area contributed by atoms with Crippen molar-refractivity contribution < 1.29 is 9.53 Å². The van der Waals surface area contributed by atoms with E-state index in [2.05, 4.69) is 34.0 Å². The van der Waals surface area contributed by atoms with Crippen molar-refractivity contribution >= 4 is 23.8 Å². The number of anilines is 1. The Kier molecular flexibility index (Phi) is 4.38. The summed E-state index contributed by atoms with van der Waals surface area (Å²) in [6, 6.07) is 7.91. The highest BCUT2D eigenvalue weighted by atomic mass is 32.1. The summed E-state index contributed by atoms with van der Waals surface area (Å²) in [7, 11) is 0. The van der Waals surface area contributed by atoms with E-state index in [0.29, 0.717) is 13.1 Å². The first-order valence-electron chi connectivity index (χ1n) is 7.06. The Morgan fingerprint density at radius 3 is 3.00 bits per heavy atom. The molecule has 0 aliphatic rings. The Hall–Kier alpha value is -2.67. The molecule has 1 atom stereocenters. The molecule has 0 saturated heterocycles. The van der Waals surface area contributed by atoms with Crippen LogP contribution >= 0.6 is 11.3 Å². The second-order valence-electron chi connectivity index (χ2n) is 5.08. The summed E-state index contributed by atoms with van der Waals surface area (Å²) in [6.07, 6.45) is 3.52. The van der Waals surface area contributed by atoms with Gasteiger partial charge in [0, 0.05) is 22.1 Å². The second kappa shape index (κ2) is 6.62. The molecule has 0 aliphatic carbocycles. The van der Waals surface area contributed by atoms with Gasteiger partial charge in [-0.2, -0.15) is 0 Å². The van der Waals surface area contributed by atoms with Gasteiger partial charge < -0.3 is 15.5 Å². The van der Waals surface area contributed by atoms with Gasteiger partial charge in [0.2, 0.25) is 5.95 Å². The maximum absolute atomic E-state index is 10.6. The zero-order chi connectivity index (χ0) is 16.2. The predicted molar refractivity (Wildman–Crippen MR) is 89.1 cm³/mol. The standard InChI is InChI=1S/C16H16N4O2S/c1-10-2-3-15(23-10)12(8-22-9-21)11-6-14(19-7-11)13-4-5-18-16(17)20-13/h2-7,9,12,19H,8H2,1H3,(H2,17,18,20). The van der Waals surface area contributed by atoms with Crippen molar-refractivity contribution in [3.05, 3.63) is 52.0 Å². The molecule has 0 saturated carbocycles. The summed E-state index contributed by atoms with van der Waals surface area (Å²) in [4.78, 5) is 24.2. The number of hydrogen-bond donors (Lipinski definition) is 2. The molecule has 3 heterocycles. The summed E-state index contributed by atoms with van der Waals surface area (Å²) < 4.78 is 5.01. The first kappa shape index (κ1) is 15.2. The Balaban J connectivity index is 1.92. The fourth-order valence-electron chi connectivity index (χ4n) is 2.40. The van der Waals surface area contributed by atoms with Gasteiger partial charge in [0.1, 0.15) is 6.61 Å². The van der Waals surface area contributed by atoms with Crippen molar-refractivity contribution in [3.8, 4) is 11.4 Å². The van der Waals surface area contributed by atoms with Crippen molar-refractivity contribution in [1.29, 1.82) is 0 Å². The molecule has 0 aliphatic heterocycles. The third kappa shape index (κ3) is 3.40. The van der Waals surface area contributed by atoms with Gasteiger partial charge in [0.25, 0.3) is 6.47 Å². The monoisotopic (exact) mass is 328 g/mol. The third-order valence-electron chi connectivity index (χ3n) is 3.49. The highest BCUT2D eigenvalue weighted by Gasteiger charge is 2.19. The number of nitrogens with zero attached hydrogens (tertiary/aromatic N) is 2. The molecule has 118 valence electrons. The lowest BCUT2D eigenvalue weighted by Crippen LogP contribution is -2.06. The van der Waals surface area contributed by atoms with Crippen LogP contribution in [-0.4, -0.2) is 28.0 Å². The summed E-state index contributed by atoms with van der Waals surface area (Å²) in [5.74, 6) is 0.219. The molecule has 0 radical (unpaired) electrons. The van der Waals surface area contributed by atoms with E-state index in [1.165, 1.54) is 4.88 Å². The van der Waals surface area contributed by atoms with E-state index in [1.807, 2.05) is 12.3 Å². The first-order valence-corrected chi connectivity index (χ1v) is 7.88. The number of hydrogen-bond acceptors (Lipinski definition) is 6. The van der Waals surface area contributed by atoms with Gasteiger partial charge in [0.15, 0.2) is 0 Å². The van der Waals surface area contributed by atoms with Crippen molar-refractivity contribution in [2.75, 3.05) is 12.3 Å². The summed E-state index contributed by atoms with van der Waals surface area (Å²) in [5, 5.41) is 0. The number of aromatic nitrogens is 3. The van der Waals surface area contributed by atoms with Gasteiger partial charge >= 0.3 is 0 Å². The molecular weight excluding hydrogens is 312 g/mol. The largest absolute Gasteiger partial charge is 0.467 e. The van der Waals surface area contributed by atoms with Crippen LogP contribution in [0.15, 0.2) is 36.7 Å². The Morgan fingerprint density at radius 2 is 2.30 bits per heavy atom. The molecule has 0 amide bonds. The quantitative estimate of drug-likeness (QED) is 0.679. The molecule has 23 heavy (non-hydrogen) atoms. The minimum atomic E-state index is -0.0110.